The van der Waals surface area contributed by atoms with Crippen LogP contribution in [0.2, 0.25) is 0 Å². The van der Waals surface area contributed by atoms with Crippen LogP contribution in [-0.4, -0.2) is 20.4 Å². The third-order valence-corrected chi connectivity index (χ3v) is 2.33. The Morgan fingerprint density at radius 3 is 3.00 bits per heavy atom. The molecule has 0 aromatic carbocycles. The van der Waals surface area contributed by atoms with Crippen molar-refractivity contribution in [1.82, 2.24) is 20.4 Å². The minimum Gasteiger partial charge on any atom is -0.324 e. The number of H-pyrrole nitrogens is 1. The number of nitrogens with two attached hydrogens (primary N) is 1. The molecule has 62 valence electrons. The van der Waals surface area contributed by atoms with E-state index in [-0.39, 0.29) is 0 Å². The van der Waals surface area contributed by atoms with Crippen LogP contribution in [-0.2, 0) is 6.54 Å². The molecule has 2 heterocycles. The number of nitrogens with zero attached hydrogens (tertiary/aromatic N) is 3. The molecule has 0 amide bonds. The molecule has 6 heteroatoms. The Bertz CT molecular complexity index is 352. The Balaban J connectivity index is 2.35. The van der Waals surface area contributed by atoms with Gasteiger partial charge in [0.15, 0.2) is 5.01 Å². The van der Waals surface area contributed by atoms with Crippen molar-refractivity contribution in [3.8, 4) is 10.7 Å². The molecule has 0 aliphatic heterocycles. The summed E-state index contributed by atoms with van der Waals surface area (Å²) in [6, 6.07) is 1.85. The maximum Gasteiger partial charge on any atom is 0.168 e. The zero-order valence-electron chi connectivity index (χ0n) is 6.19. The molecule has 0 aliphatic carbocycles. The van der Waals surface area contributed by atoms with Gasteiger partial charge in [0.2, 0.25) is 0 Å². The van der Waals surface area contributed by atoms with E-state index < -0.39 is 0 Å². The highest BCUT2D eigenvalue weighted by molar-refractivity contribution is 7.14. The summed E-state index contributed by atoms with van der Waals surface area (Å²) in [7, 11) is 0. The first-order valence-electron chi connectivity index (χ1n) is 3.43. The van der Waals surface area contributed by atoms with Crippen LogP contribution < -0.4 is 5.73 Å². The summed E-state index contributed by atoms with van der Waals surface area (Å²) in [5.74, 6) is 0. The molecule has 2 aromatic heterocycles. The highest BCUT2D eigenvalue weighted by Gasteiger charge is 2.05. The lowest BCUT2D eigenvalue weighted by molar-refractivity contribution is 0.957. The van der Waals surface area contributed by atoms with Crippen LogP contribution in [0.4, 0.5) is 0 Å². The fraction of sp³-hybridized carbons (Fsp3) is 0.167. The average Bonchev–Trinajstić information content (AvgIpc) is 2.75. The second-order valence-electron chi connectivity index (χ2n) is 2.16. The predicted molar refractivity (Wildman–Crippen MR) is 45.4 cm³/mol. The van der Waals surface area contributed by atoms with Crippen LogP contribution in [0.3, 0.4) is 0 Å². The summed E-state index contributed by atoms with van der Waals surface area (Å²) in [5, 5.41) is 16.1. The van der Waals surface area contributed by atoms with Gasteiger partial charge in [0, 0.05) is 12.7 Å². The van der Waals surface area contributed by atoms with Crippen molar-refractivity contribution in [3.05, 3.63) is 17.3 Å². The van der Waals surface area contributed by atoms with Crippen molar-refractivity contribution < 1.29 is 0 Å². The summed E-state index contributed by atoms with van der Waals surface area (Å²) in [6.07, 6.45) is 1.75. The summed E-state index contributed by atoms with van der Waals surface area (Å²) < 4.78 is 0. The molecule has 2 aromatic rings. The van der Waals surface area contributed by atoms with Crippen LogP contribution in [0, 0.1) is 0 Å². The lowest BCUT2D eigenvalue weighted by Gasteiger charge is -1.82. The second-order valence-corrected chi connectivity index (χ2v) is 3.23. The zero-order valence-corrected chi connectivity index (χ0v) is 7.01. The van der Waals surface area contributed by atoms with Gasteiger partial charge in [-0.05, 0) is 6.07 Å². The second kappa shape index (κ2) is 3.00. The largest absolute Gasteiger partial charge is 0.324 e. The zero-order chi connectivity index (χ0) is 8.39. The minimum absolute atomic E-state index is 0.433. The van der Waals surface area contributed by atoms with Gasteiger partial charge in [-0.25, -0.2) is 0 Å². The molecule has 0 radical (unpaired) electrons. The topological polar surface area (TPSA) is 80.5 Å². The van der Waals surface area contributed by atoms with E-state index in [2.05, 4.69) is 20.4 Å². The predicted octanol–water partition coefficient (Wildman–Crippen LogP) is 0.387. The molecule has 12 heavy (non-hydrogen) atoms. The highest BCUT2D eigenvalue weighted by Crippen LogP contribution is 2.19. The molecule has 0 saturated heterocycles. The Hall–Kier alpha value is -1.27. The quantitative estimate of drug-likeness (QED) is 0.702. The third kappa shape index (κ3) is 1.21. The monoisotopic (exact) mass is 181 g/mol. The standard InChI is InChI=1S/C6H7N5S/c7-3-5-10-11-6(12-5)4-1-2-8-9-4/h1-2H,3,7H2,(H,8,9). The van der Waals surface area contributed by atoms with Gasteiger partial charge in [-0.2, -0.15) is 5.10 Å². The highest BCUT2D eigenvalue weighted by atomic mass is 32.1. The molecule has 5 nitrogen and oxygen atoms in total. The minimum atomic E-state index is 0.433. The average molecular weight is 181 g/mol. The molecule has 0 atom stereocenters. The van der Waals surface area contributed by atoms with E-state index in [0.717, 1.165) is 15.7 Å². The van der Waals surface area contributed by atoms with Gasteiger partial charge >= 0.3 is 0 Å². The number of nitrogens with one attached hydrogen (secondary N) is 1. The molecule has 0 unspecified atom stereocenters. The fourth-order valence-corrected chi connectivity index (χ4v) is 1.51. The van der Waals surface area contributed by atoms with Crippen molar-refractivity contribution >= 4 is 11.3 Å². The Morgan fingerprint density at radius 2 is 2.42 bits per heavy atom. The van der Waals surface area contributed by atoms with E-state index in [1.807, 2.05) is 6.07 Å². The molecule has 3 N–H and O–H groups in total. The smallest absolute Gasteiger partial charge is 0.168 e. The Kier molecular flexibility index (Phi) is 1.84. The first-order chi connectivity index (χ1) is 5.90. The maximum absolute atomic E-state index is 5.40. The van der Waals surface area contributed by atoms with E-state index in [4.69, 9.17) is 5.73 Å². The molecule has 0 fully saturated rings. The lowest BCUT2D eigenvalue weighted by Crippen LogP contribution is -1.94. The van der Waals surface area contributed by atoms with Crippen molar-refractivity contribution in [2.45, 2.75) is 6.54 Å². The molecule has 2 rings (SSSR count). The van der Waals surface area contributed by atoms with Crippen LogP contribution >= 0.6 is 11.3 Å². The number of hydrogen-bond acceptors (Lipinski definition) is 5. The number of hydrogen-bond donors (Lipinski definition) is 2. The van der Waals surface area contributed by atoms with Gasteiger partial charge in [0.05, 0.1) is 0 Å². The van der Waals surface area contributed by atoms with Crippen molar-refractivity contribution in [1.29, 1.82) is 0 Å². The molecule has 0 spiro atoms. The van der Waals surface area contributed by atoms with Crippen molar-refractivity contribution in [2.24, 2.45) is 5.73 Å². The molecule has 0 bridgehead atoms. The summed E-state index contributed by atoms with van der Waals surface area (Å²) in [5.41, 5.74) is 6.21. The SMILES string of the molecule is NCc1nnc(-c2cc[nH]n2)s1. The van der Waals surface area contributed by atoms with Gasteiger partial charge in [-0.15, -0.1) is 10.2 Å². The van der Waals surface area contributed by atoms with E-state index >= 15 is 0 Å². The molecular formula is C6H7N5S. The van der Waals surface area contributed by atoms with Crippen LogP contribution in [0.15, 0.2) is 12.3 Å². The number of aromatic amines is 1. The Labute approximate surface area is 72.6 Å². The van der Waals surface area contributed by atoms with Crippen molar-refractivity contribution in [2.75, 3.05) is 0 Å². The normalized spacial score (nSPS) is 10.4. The maximum atomic E-state index is 5.40. The Morgan fingerprint density at radius 1 is 1.50 bits per heavy atom. The van der Waals surface area contributed by atoms with Gasteiger partial charge in [-0.1, -0.05) is 11.3 Å². The van der Waals surface area contributed by atoms with Crippen molar-refractivity contribution in [3.63, 3.8) is 0 Å². The molecule has 0 aliphatic rings. The van der Waals surface area contributed by atoms with Crippen LogP contribution in [0.5, 0.6) is 0 Å². The number of aromatic nitrogens is 4. The van der Waals surface area contributed by atoms with Gasteiger partial charge in [0.1, 0.15) is 10.7 Å². The van der Waals surface area contributed by atoms with Gasteiger partial charge in [0.25, 0.3) is 0 Å². The van der Waals surface area contributed by atoms with E-state index in [9.17, 15) is 0 Å². The van der Waals surface area contributed by atoms with Gasteiger partial charge in [-0.3, -0.25) is 5.10 Å². The summed E-state index contributed by atoms with van der Waals surface area (Å²) in [4.78, 5) is 0. The molecular weight excluding hydrogens is 174 g/mol. The first kappa shape index (κ1) is 7.38. The third-order valence-electron chi connectivity index (χ3n) is 1.36. The number of rotatable bonds is 2. The summed E-state index contributed by atoms with van der Waals surface area (Å²) >= 11 is 1.46. The van der Waals surface area contributed by atoms with E-state index in [0.29, 0.717) is 6.54 Å². The summed E-state index contributed by atoms with van der Waals surface area (Å²) in [6.45, 7) is 0.433. The van der Waals surface area contributed by atoms with E-state index in [1.54, 1.807) is 6.20 Å². The van der Waals surface area contributed by atoms with Crippen LogP contribution in [0.1, 0.15) is 5.01 Å². The molecule has 0 saturated carbocycles. The first-order valence-corrected chi connectivity index (χ1v) is 4.24. The van der Waals surface area contributed by atoms with E-state index in [1.165, 1.54) is 11.3 Å². The van der Waals surface area contributed by atoms with Gasteiger partial charge < -0.3 is 5.73 Å². The fourth-order valence-electron chi connectivity index (χ4n) is 0.819. The van der Waals surface area contributed by atoms with Crippen LogP contribution in [0.25, 0.3) is 10.7 Å². The lowest BCUT2D eigenvalue weighted by atomic mass is 10.5.